The van der Waals surface area contributed by atoms with Crippen LogP contribution in [0.3, 0.4) is 0 Å². The third-order valence-electron chi connectivity index (χ3n) is 3.42. The predicted molar refractivity (Wildman–Crippen MR) is 76.7 cm³/mol. The van der Waals surface area contributed by atoms with Gasteiger partial charge in [0, 0.05) is 26.9 Å². The van der Waals surface area contributed by atoms with Crippen molar-refractivity contribution in [2.45, 2.75) is 42.6 Å². The van der Waals surface area contributed by atoms with E-state index in [0.29, 0.717) is 0 Å². The molecule has 2 rings (SSSR count). The van der Waals surface area contributed by atoms with Crippen LogP contribution in [0.2, 0.25) is 0 Å². The summed E-state index contributed by atoms with van der Waals surface area (Å²) in [7, 11) is -3.85. The summed E-state index contributed by atoms with van der Waals surface area (Å²) >= 11 is 2.86. The van der Waals surface area contributed by atoms with Crippen LogP contribution in [0.4, 0.5) is 4.79 Å². The van der Waals surface area contributed by atoms with Crippen LogP contribution in [0.1, 0.15) is 32.1 Å². The highest BCUT2D eigenvalue weighted by Gasteiger charge is 2.50. The number of carbonyl (C=O) groups excluding carboxylic acids is 1. The fraction of sp³-hybridized carbons (Fsp3) is 0.900. The first-order chi connectivity index (χ1) is 9.83. The van der Waals surface area contributed by atoms with Gasteiger partial charge >= 0.3 is 18.2 Å². The Morgan fingerprint density at radius 1 is 1.29 bits per heavy atom. The van der Waals surface area contributed by atoms with E-state index in [2.05, 4.69) is 26.3 Å². The number of halogens is 1. The van der Waals surface area contributed by atoms with Crippen LogP contribution in [-0.2, 0) is 13.6 Å². The monoisotopic (exact) mass is 385 g/mol. The van der Waals surface area contributed by atoms with Crippen molar-refractivity contribution in [3.05, 3.63) is 10.1 Å². The minimum atomic E-state index is -3.85. The van der Waals surface area contributed by atoms with E-state index in [-0.39, 0.29) is 6.04 Å². The summed E-state index contributed by atoms with van der Waals surface area (Å²) in [5.41, 5.74) is 0. The molecule has 9 nitrogen and oxygen atoms in total. The molecule has 2 amide bonds. The molecule has 0 radical (unpaired) electrons. The molecule has 2 fully saturated rings. The standard InChI is InChI=1S/C10H17BrN3O6P/c11-10(14(16)17)6-19-21(18,20-7-10)13-9(15)12-8-4-2-1-3-5-8/h8H,1-7H2,(H2,12,13,15,18). The van der Waals surface area contributed by atoms with Crippen molar-refractivity contribution in [3.8, 4) is 0 Å². The van der Waals surface area contributed by atoms with Crippen LogP contribution in [0.5, 0.6) is 0 Å². The molecule has 2 N–H and O–H groups in total. The Balaban J connectivity index is 1.83. The van der Waals surface area contributed by atoms with Gasteiger partial charge in [-0.1, -0.05) is 19.3 Å². The molecule has 2 aliphatic rings. The van der Waals surface area contributed by atoms with Crippen LogP contribution in [-0.4, -0.2) is 34.7 Å². The lowest BCUT2D eigenvalue weighted by Gasteiger charge is -2.30. The fourth-order valence-electron chi connectivity index (χ4n) is 2.21. The van der Waals surface area contributed by atoms with Gasteiger partial charge in [0.1, 0.15) is 13.2 Å². The van der Waals surface area contributed by atoms with Gasteiger partial charge in [-0.3, -0.25) is 19.2 Å². The maximum Gasteiger partial charge on any atom is 0.436 e. The van der Waals surface area contributed by atoms with Crippen LogP contribution >= 0.6 is 23.7 Å². The topological polar surface area (TPSA) is 120 Å². The number of hydrogen-bond donors (Lipinski definition) is 2. The van der Waals surface area contributed by atoms with Gasteiger partial charge in [0.2, 0.25) is 0 Å². The molecule has 0 aromatic rings. The van der Waals surface area contributed by atoms with Gasteiger partial charge in [0.15, 0.2) is 0 Å². The summed E-state index contributed by atoms with van der Waals surface area (Å²) in [6.07, 6.45) is 5.00. The molecule has 0 bridgehead atoms. The number of nitrogens with one attached hydrogen (secondary N) is 2. The van der Waals surface area contributed by atoms with Gasteiger partial charge < -0.3 is 5.32 Å². The molecular weight excluding hydrogens is 369 g/mol. The minimum absolute atomic E-state index is 0.0455. The Labute approximate surface area is 130 Å². The summed E-state index contributed by atoms with van der Waals surface area (Å²) in [4.78, 5) is 21.9. The normalized spacial score (nSPS) is 34.1. The molecule has 21 heavy (non-hydrogen) atoms. The van der Waals surface area contributed by atoms with Crippen LogP contribution in [0.15, 0.2) is 0 Å². The highest BCUT2D eigenvalue weighted by atomic mass is 79.9. The Morgan fingerprint density at radius 2 is 1.86 bits per heavy atom. The van der Waals surface area contributed by atoms with E-state index >= 15 is 0 Å². The maximum absolute atomic E-state index is 12.1. The van der Waals surface area contributed by atoms with Gasteiger partial charge in [-0.2, -0.15) is 0 Å². The van der Waals surface area contributed by atoms with Gasteiger partial charge in [-0.05, 0) is 12.8 Å². The van der Waals surface area contributed by atoms with E-state index in [4.69, 9.17) is 9.05 Å². The SMILES string of the molecule is O=C(NC1CCCCC1)NP1(=O)OCC(Br)([N+](=O)[O-])CO1. The first-order valence-corrected chi connectivity index (χ1v) is 8.98. The predicted octanol–water partition coefficient (Wildman–Crippen LogP) is 2.14. The quantitative estimate of drug-likeness (QED) is 0.252. The Bertz CT molecular complexity index is 458. The molecule has 120 valence electrons. The van der Waals surface area contributed by atoms with Crippen LogP contribution in [0.25, 0.3) is 0 Å². The number of hydrogen-bond acceptors (Lipinski definition) is 6. The van der Waals surface area contributed by atoms with Crippen molar-refractivity contribution in [1.82, 2.24) is 10.4 Å². The zero-order valence-electron chi connectivity index (χ0n) is 11.2. The fourth-order valence-corrected chi connectivity index (χ4v) is 4.07. The van der Waals surface area contributed by atoms with E-state index in [1.165, 1.54) is 0 Å². The molecule has 1 aliphatic heterocycles. The average Bonchev–Trinajstić information content (AvgIpc) is 2.43. The van der Waals surface area contributed by atoms with Crippen molar-refractivity contribution in [2.24, 2.45) is 0 Å². The van der Waals surface area contributed by atoms with Crippen molar-refractivity contribution < 1.29 is 23.3 Å². The first kappa shape index (κ1) is 16.7. The second kappa shape index (κ2) is 6.60. The van der Waals surface area contributed by atoms with E-state index in [1.54, 1.807) is 0 Å². The molecule has 0 aromatic carbocycles. The molecule has 1 saturated heterocycles. The number of nitrogens with zero attached hydrogens (tertiary/aromatic N) is 1. The smallest absolute Gasteiger partial charge is 0.335 e. The summed E-state index contributed by atoms with van der Waals surface area (Å²) in [5.74, 6) is 0. The van der Waals surface area contributed by atoms with E-state index in [0.717, 1.165) is 32.1 Å². The highest BCUT2D eigenvalue weighted by Crippen LogP contribution is 2.49. The van der Waals surface area contributed by atoms with Gasteiger partial charge in [0.05, 0.1) is 0 Å². The maximum atomic E-state index is 12.1. The van der Waals surface area contributed by atoms with Crippen molar-refractivity contribution in [3.63, 3.8) is 0 Å². The molecule has 0 unspecified atom stereocenters. The summed E-state index contributed by atoms with van der Waals surface area (Å²) < 4.78 is 20.2. The van der Waals surface area contributed by atoms with Gasteiger partial charge in [0.25, 0.3) is 0 Å². The lowest BCUT2D eigenvalue weighted by atomic mass is 9.96. The highest BCUT2D eigenvalue weighted by molar-refractivity contribution is 9.10. The number of amides is 2. The van der Waals surface area contributed by atoms with Crippen molar-refractivity contribution in [2.75, 3.05) is 13.2 Å². The second-order valence-corrected chi connectivity index (χ2v) is 8.35. The summed E-state index contributed by atoms with van der Waals surface area (Å²) in [6.45, 7) is -0.915. The molecule has 1 aliphatic carbocycles. The van der Waals surface area contributed by atoms with Crippen molar-refractivity contribution >= 4 is 29.7 Å². The van der Waals surface area contributed by atoms with Gasteiger partial charge in [-0.25, -0.2) is 14.4 Å². The molecule has 0 aromatic heterocycles. The Kier molecular flexibility index (Phi) is 5.24. The Hall–Kier alpha value is -0.700. The summed E-state index contributed by atoms with van der Waals surface area (Å²) in [6, 6.07) is -0.599. The average molecular weight is 386 g/mol. The summed E-state index contributed by atoms with van der Waals surface area (Å²) in [5, 5.41) is 15.6. The second-order valence-electron chi connectivity index (χ2n) is 5.14. The number of alkyl halides is 1. The number of rotatable bonds is 3. The van der Waals surface area contributed by atoms with E-state index in [1.807, 2.05) is 0 Å². The zero-order valence-corrected chi connectivity index (χ0v) is 13.7. The van der Waals surface area contributed by atoms with Crippen LogP contribution in [0, 0.1) is 10.1 Å². The third-order valence-corrected chi connectivity index (χ3v) is 5.58. The number of urea groups is 1. The lowest BCUT2D eigenvalue weighted by Crippen LogP contribution is -2.47. The van der Waals surface area contributed by atoms with E-state index < -0.39 is 36.4 Å². The molecule has 11 heteroatoms. The largest absolute Gasteiger partial charge is 0.436 e. The molecular formula is C10H17BrN3O6P. The third kappa shape index (κ3) is 4.38. The van der Waals surface area contributed by atoms with E-state index in [9.17, 15) is 19.5 Å². The molecule has 1 heterocycles. The molecule has 0 spiro atoms. The number of carbonyl (C=O) groups is 1. The number of nitro groups is 1. The minimum Gasteiger partial charge on any atom is -0.335 e. The Morgan fingerprint density at radius 3 is 2.38 bits per heavy atom. The molecule has 0 atom stereocenters. The zero-order chi connectivity index (χ0) is 15.5. The first-order valence-electron chi connectivity index (χ1n) is 6.64. The van der Waals surface area contributed by atoms with Crippen molar-refractivity contribution in [1.29, 1.82) is 0 Å². The van der Waals surface area contributed by atoms with Crippen LogP contribution < -0.4 is 10.4 Å². The lowest BCUT2D eigenvalue weighted by molar-refractivity contribution is -0.542. The van der Waals surface area contributed by atoms with Gasteiger partial charge in [-0.15, -0.1) is 0 Å². The molecule has 1 saturated carbocycles.